The van der Waals surface area contributed by atoms with Crippen LogP contribution in [0.2, 0.25) is 0 Å². The number of hydrogen-bond donors (Lipinski definition) is 1. The van der Waals surface area contributed by atoms with Crippen LogP contribution in [-0.2, 0) is 10.9 Å². The SMILES string of the molecule is CNC(=O)c1ccc(OCC2CN(c3ccc(C#N)c(C(F)(F)F)c3)C(C(F)(F)F)O2)cc1. The zero-order chi connectivity index (χ0) is 24.4. The molecule has 176 valence electrons. The number of halogens is 6. The van der Waals surface area contributed by atoms with Gasteiger partial charge >= 0.3 is 12.4 Å². The minimum atomic E-state index is -4.92. The third-order valence-corrected chi connectivity index (χ3v) is 4.82. The number of nitriles is 1. The molecule has 12 heteroatoms. The number of hydrogen-bond acceptors (Lipinski definition) is 5. The standard InChI is InChI=1S/C21H17F6N3O3/c1-29-18(31)12-3-6-15(7-4-12)32-11-16-10-30(19(33-16)21(25,26)27)14-5-2-13(9-28)17(8-14)20(22,23)24/h2-8,16,19H,10-11H2,1H3,(H,29,31). The van der Waals surface area contributed by atoms with Gasteiger partial charge in [-0.2, -0.15) is 31.6 Å². The minimum absolute atomic E-state index is 0.269. The number of nitrogens with one attached hydrogen (secondary N) is 1. The number of ether oxygens (including phenoxy) is 2. The number of nitrogens with zero attached hydrogens (tertiary/aromatic N) is 2. The van der Waals surface area contributed by atoms with Gasteiger partial charge in [0.25, 0.3) is 5.91 Å². The van der Waals surface area contributed by atoms with Gasteiger partial charge in [-0.25, -0.2) is 0 Å². The molecule has 0 radical (unpaired) electrons. The van der Waals surface area contributed by atoms with E-state index >= 15 is 0 Å². The highest BCUT2D eigenvalue weighted by Gasteiger charge is 2.51. The second-order valence-electron chi connectivity index (χ2n) is 7.06. The zero-order valence-corrected chi connectivity index (χ0v) is 17.0. The van der Waals surface area contributed by atoms with E-state index in [4.69, 9.17) is 14.7 Å². The summed E-state index contributed by atoms with van der Waals surface area (Å²) in [6, 6.07) is 9.55. The molecule has 0 aliphatic carbocycles. The highest BCUT2D eigenvalue weighted by molar-refractivity contribution is 5.94. The van der Waals surface area contributed by atoms with Crippen LogP contribution >= 0.6 is 0 Å². The minimum Gasteiger partial charge on any atom is -0.491 e. The van der Waals surface area contributed by atoms with E-state index in [9.17, 15) is 31.1 Å². The van der Waals surface area contributed by atoms with Crippen LogP contribution in [-0.4, -0.2) is 44.6 Å². The molecule has 1 aliphatic heterocycles. The Hall–Kier alpha value is -3.46. The third-order valence-electron chi connectivity index (χ3n) is 4.82. The van der Waals surface area contributed by atoms with Gasteiger partial charge in [0.05, 0.1) is 23.7 Å². The Bertz CT molecular complexity index is 1050. The summed E-state index contributed by atoms with van der Waals surface area (Å²) in [5.74, 6) is -0.0593. The van der Waals surface area contributed by atoms with Crippen molar-refractivity contribution >= 4 is 11.6 Å². The lowest BCUT2D eigenvalue weighted by Crippen LogP contribution is -2.42. The lowest BCUT2D eigenvalue weighted by atomic mass is 10.1. The zero-order valence-electron chi connectivity index (χ0n) is 17.0. The number of carbonyl (C=O) groups is 1. The summed E-state index contributed by atoms with van der Waals surface area (Å²) in [5.41, 5.74) is -2.07. The van der Waals surface area contributed by atoms with Crippen LogP contribution < -0.4 is 15.0 Å². The molecule has 1 saturated heterocycles. The molecule has 0 aromatic heterocycles. The molecular weight excluding hydrogens is 456 g/mol. The molecule has 1 N–H and O–H groups in total. The lowest BCUT2D eigenvalue weighted by molar-refractivity contribution is -0.215. The molecule has 0 saturated carbocycles. The average Bonchev–Trinajstić information content (AvgIpc) is 3.21. The monoisotopic (exact) mass is 473 g/mol. The first-order chi connectivity index (χ1) is 15.4. The second-order valence-corrected chi connectivity index (χ2v) is 7.06. The first kappa shape index (κ1) is 24.2. The van der Waals surface area contributed by atoms with Crippen molar-refractivity contribution in [3.8, 4) is 11.8 Å². The third kappa shape index (κ3) is 5.48. The lowest BCUT2D eigenvalue weighted by Gasteiger charge is -2.27. The maximum Gasteiger partial charge on any atom is 0.433 e. The van der Waals surface area contributed by atoms with Crippen LogP contribution in [0.4, 0.5) is 32.0 Å². The van der Waals surface area contributed by atoms with Gasteiger partial charge in [-0.3, -0.25) is 4.79 Å². The second kappa shape index (κ2) is 9.19. The van der Waals surface area contributed by atoms with E-state index in [1.165, 1.54) is 37.4 Å². The van der Waals surface area contributed by atoms with Crippen LogP contribution in [0.5, 0.6) is 5.75 Å². The fraction of sp³-hybridized carbons (Fsp3) is 0.333. The molecule has 1 heterocycles. The molecular formula is C21H17F6N3O3. The highest BCUT2D eigenvalue weighted by atomic mass is 19.4. The van der Waals surface area contributed by atoms with Gasteiger partial charge in [0.15, 0.2) is 0 Å². The predicted molar refractivity (Wildman–Crippen MR) is 104 cm³/mol. The molecule has 2 aromatic carbocycles. The Morgan fingerprint density at radius 2 is 1.85 bits per heavy atom. The number of amides is 1. The van der Waals surface area contributed by atoms with Gasteiger partial charge < -0.3 is 19.7 Å². The average molecular weight is 473 g/mol. The quantitative estimate of drug-likeness (QED) is 0.662. The molecule has 0 spiro atoms. The topological polar surface area (TPSA) is 74.6 Å². The van der Waals surface area contributed by atoms with Crippen molar-refractivity contribution in [1.82, 2.24) is 5.32 Å². The summed E-state index contributed by atoms with van der Waals surface area (Å²) >= 11 is 0. The number of rotatable bonds is 5. The van der Waals surface area contributed by atoms with Crippen LogP contribution in [0.15, 0.2) is 42.5 Å². The van der Waals surface area contributed by atoms with Crippen LogP contribution in [0, 0.1) is 11.3 Å². The molecule has 6 nitrogen and oxygen atoms in total. The Labute approximate surface area is 184 Å². The molecule has 3 rings (SSSR count). The van der Waals surface area contributed by atoms with Crippen molar-refractivity contribution in [3.05, 3.63) is 59.2 Å². The van der Waals surface area contributed by atoms with Crippen molar-refractivity contribution in [2.75, 3.05) is 25.1 Å². The normalized spacial score (nSPS) is 18.7. The van der Waals surface area contributed by atoms with Crippen molar-refractivity contribution < 1.29 is 40.6 Å². The van der Waals surface area contributed by atoms with Crippen LogP contribution in [0.25, 0.3) is 0 Å². The molecule has 1 amide bonds. The number of carbonyl (C=O) groups excluding carboxylic acids is 1. The fourth-order valence-electron chi connectivity index (χ4n) is 3.28. The van der Waals surface area contributed by atoms with Crippen molar-refractivity contribution in [3.63, 3.8) is 0 Å². The maximum absolute atomic E-state index is 13.5. The van der Waals surface area contributed by atoms with E-state index in [0.717, 1.165) is 12.1 Å². The molecule has 2 aromatic rings. The number of anilines is 1. The highest BCUT2D eigenvalue weighted by Crippen LogP contribution is 2.39. The smallest absolute Gasteiger partial charge is 0.433 e. The summed E-state index contributed by atoms with van der Waals surface area (Å²) in [6.07, 6.45) is -13.4. The van der Waals surface area contributed by atoms with E-state index in [-0.39, 0.29) is 24.0 Å². The van der Waals surface area contributed by atoms with Crippen LogP contribution in [0.3, 0.4) is 0 Å². The fourth-order valence-corrected chi connectivity index (χ4v) is 3.28. The Morgan fingerprint density at radius 1 is 1.18 bits per heavy atom. The predicted octanol–water partition coefficient (Wildman–Crippen LogP) is 4.11. The molecule has 2 atom stereocenters. The van der Waals surface area contributed by atoms with E-state index in [2.05, 4.69) is 5.32 Å². The molecule has 1 fully saturated rings. The van der Waals surface area contributed by atoms with E-state index in [1.807, 2.05) is 0 Å². The van der Waals surface area contributed by atoms with Crippen molar-refractivity contribution in [1.29, 1.82) is 5.26 Å². The largest absolute Gasteiger partial charge is 0.491 e. The molecule has 0 bridgehead atoms. The summed E-state index contributed by atoms with van der Waals surface area (Å²) in [6.45, 7) is -0.714. The summed E-state index contributed by atoms with van der Waals surface area (Å²) in [5, 5.41) is 11.3. The Balaban J connectivity index is 1.78. The number of alkyl halides is 6. The van der Waals surface area contributed by atoms with Gasteiger partial charge in [-0.05, 0) is 42.5 Å². The van der Waals surface area contributed by atoms with Gasteiger partial charge in [-0.15, -0.1) is 0 Å². The van der Waals surface area contributed by atoms with Crippen LogP contribution in [0.1, 0.15) is 21.5 Å². The Kier molecular flexibility index (Phi) is 6.73. The van der Waals surface area contributed by atoms with Gasteiger partial charge in [0.2, 0.25) is 6.23 Å². The van der Waals surface area contributed by atoms with Gasteiger partial charge in [0, 0.05) is 18.3 Å². The number of benzene rings is 2. The Morgan fingerprint density at radius 3 is 2.39 bits per heavy atom. The first-order valence-corrected chi connectivity index (χ1v) is 9.49. The summed E-state index contributed by atoms with van der Waals surface area (Å²) in [7, 11) is 1.46. The summed E-state index contributed by atoms with van der Waals surface area (Å²) < 4.78 is 90.9. The van der Waals surface area contributed by atoms with Gasteiger partial charge in [-0.1, -0.05) is 0 Å². The van der Waals surface area contributed by atoms with E-state index in [0.29, 0.717) is 16.5 Å². The first-order valence-electron chi connectivity index (χ1n) is 9.49. The molecule has 2 unspecified atom stereocenters. The van der Waals surface area contributed by atoms with Crippen molar-refractivity contribution in [2.45, 2.75) is 24.7 Å². The molecule has 33 heavy (non-hydrogen) atoms. The van der Waals surface area contributed by atoms with Gasteiger partial charge in [0.1, 0.15) is 18.5 Å². The van der Waals surface area contributed by atoms with E-state index in [1.54, 1.807) is 0 Å². The van der Waals surface area contributed by atoms with Crippen molar-refractivity contribution in [2.24, 2.45) is 0 Å². The molecule has 1 aliphatic rings. The van der Waals surface area contributed by atoms with E-state index < -0.39 is 42.4 Å². The summed E-state index contributed by atoms with van der Waals surface area (Å²) in [4.78, 5) is 12.2. The maximum atomic E-state index is 13.5.